The number of rotatable bonds is 3. The Balaban J connectivity index is 2.66. The molecular formula is C14H31NOSi. The molecule has 0 radical (unpaired) electrons. The SMILES string of the molecule is CN1C(C)(C)CC(OC[Si](C)(C)C)CC1(C)C. The lowest BCUT2D eigenvalue weighted by Gasteiger charge is -2.53. The summed E-state index contributed by atoms with van der Waals surface area (Å²) in [5.41, 5.74) is 0.484. The van der Waals surface area contributed by atoms with Gasteiger partial charge in [-0.3, -0.25) is 4.90 Å². The smallest absolute Gasteiger partial charge is 0.0746 e. The van der Waals surface area contributed by atoms with E-state index in [1.165, 1.54) is 0 Å². The Morgan fingerprint density at radius 2 is 1.47 bits per heavy atom. The third-order valence-corrected chi connectivity index (χ3v) is 5.06. The van der Waals surface area contributed by atoms with Gasteiger partial charge in [0, 0.05) is 17.3 Å². The molecule has 1 saturated heterocycles. The van der Waals surface area contributed by atoms with Crippen LogP contribution in [-0.2, 0) is 4.74 Å². The molecule has 0 spiro atoms. The molecule has 3 heteroatoms. The predicted octanol–water partition coefficient (Wildman–Crippen LogP) is 3.53. The summed E-state index contributed by atoms with van der Waals surface area (Å²) in [6, 6.07) is 0. The molecule has 17 heavy (non-hydrogen) atoms. The molecule has 0 bridgehead atoms. The van der Waals surface area contributed by atoms with E-state index in [0.29, 0.717) is 6.10 Å². The summed E-state index contributed by atoms with van der Waals surface area (Å²) < 4.78 is 6.20. The minimum atomic E-state index is -1.09. The van der Waals surface area contributed by atoms with E-state index in [9.17, 15) is 0 Å². The van der Waals surface area contributed by atoms with Crippen molar-refractivity contribution in [3.05, 3.63) is 0 Å². The summed E-state index contributed by atoms with van der Waals surface area (Å²) in [5.74, 6) is 0. The van der Waals surface area contributed by atoms with Gasteiger partial charge in [0.05, 0.1) is 14.2 Å². The van der Waals surface area contributed by atoms with Crippen molar-refractivity contribution in [2.45, 2.75) is 77.4 Å². The zero-order chi connectivity index (χ0) is 13.5. The first-order chi connectivity index (χ1) is 7.44. The molecular weight excluding hydrogens is 226 g/mol. The van der Waals surface area contributed by atoms with Crippen LogP contribution in [0.25, 0.3) is 0 Å². The molecule has 0 atom stereocenters. The monoisotopic (exact) mass is 257 g/mol. The summed E-state index contributed by atoms with van der Waals surface area (Å²) in [7, 11) is 1.16. The molecule has 1 aliphatic heterocycles. The van der Waals surface area contributed by atoms with Gasteiger partial charge in [0.2, 0.25) is 0 Å². The predicted molar refractivity (Wildman–Crippen MR) is 78.2 cm³/mol. The Morgan fingerprint density at radius 1 is 1.06 bits per heavy atom. The van der Waals surface area contributed by atoms with E-state index < -0.39 is 8.07 Å². The van der Waals surface area contributed by atoms with Crippen molar-refractivity contribution < 1.29 is 4.74 Å². The quantitative estimate of drug-likeness (QED) is 0.717. The molecule has 0 aromatic rings. The minimum absolute atomic E-state index is 0.242. The van der Waals surface area contributed by atoms with Crippen LogP contribution in [0.15, 0.2) is 0 Å². The van der Waals surface area contributed by atoms with Crippen molar-refractivity contribution in [3.8, 4) is 0 Å². The van der Waals surface area contributed by atoms with Crippen LogP contribution in [0.5, 0.6) is 0 Å². The third-order valence-electron chi connectivity index (χ3n) is 4.02. The van der Waals surface area contributed by atoms with Crippen molar-refractivity contribution in [2.75, 3.05) is 13.3 Å². The van der Waals surface area contributed by atoms with Crippen LogP contribution in [0.3, 0.4) is 0 Å². The summed E-state index contributed by atoms with van der Waals surface area (Å²) in [6.45, 7) is 16.4. The van der Waals surface area contributed by atoms with Gasteiger partial charge in [0.1, 0.15) is 0 Å². The molecule has 0 unspecified atom stereocenters. The third kappa shape index (κ3) is 4.07. The number of nitrogens with zero attached hydrogens (tertiary/aromatic N) is 1. The highest BCUT2D eigenvalue weighted by atomic mass is 28.3. The maximum atomic E-state index is 6.20. The van der Waals surface area contributed by atoms with Gasteiger partial charge in [-0.1, -0.05) is 19.6 Å². The number of ether oxygens (including phenoxy) is 1. The van der Waals surface area contributed by atoms with Crippen molar-refractivity contribution in [1.82, 2.24) is 4.90 Å². The van der Waals surface area contributed by atoms with Crippen LogP contribution >= 0.6 is 0 Å². The first-order valence-corrected chi connectivity index (χ1v) is 10.5. The molecule has 0 aromatic carbocycles. The molecule has 0 aromatic heterocycles. The molecule has 0 aliphatic carbocycles. The normalized spacial score (nSPS) is 26.1. The van der Waals surface area contributed by atoms with Crippen LogP contribution in [0, 0.1) is 0 Å². The highest BCUT2D eigenvalue weighted by molar-refractivity contribution is 6.76. The van der Waals surface area contributed by atoms with Crippen LogP contribution in [-0.4, -0.2) is 43.4 Å². The number of piperidine rings is 1. The van der Waals surface area contributed by atoms with Gasteiger partial charge in [0.25, 0.3) is 0 Å². The molecule has 2 nitrogen and oxygen atoms in total. The molecule has 102 valence electrons. The lowest BCUT2D eigenvalue weighted by molar-refractivity contribution is -0.0834. The summed E-state index contributed by atoms with van der Waals surface area (Å²) in [5, 5.41) is 0. The van der Waals surface area contributed by atoms with Crippen LogP contribution in [0.1, 0.15) is 40.5 Å². The second-order valence-electron chi connectivity index (χ2n) is 8.09. The highest BCUT2D eigenvalue weighted by Crippen LogP contribution is 2.38. The van der Waals surface area contributed by atoms with Crippen LogP contribution in [0.4, 0.5) is 0 Å². The van der Waals surface area contributed by atoms with Gasteiger partial charge in [0.15, 0.2) is 0 Å². The average Bonchev–Trinajstić information content (AvgIpc) is 2.09. The first-order valence-electron chi connectivity index (χ1n) is 6.80. The van der Waals surface area contributed by atoms with E-state index in [0.717, 1.165) is 19.1 Å². The maximum Gasteiger partial charge on any atom is 0.0746 e. The number of hydrogen-bond donors (Lipinski definition) is 0. The van der Waals surface area contributed by atoms with E-state index in [-0.39, 0.29) is 11.1 Å². The minimum Gasteiger partial charge on any atom is -0.381 e. The Bertz CT molecular complexity index is 250. The summed E-state index contributed by atoms with van der Waals surface area (Å²) in [4.78, 5) is 2.51. The number of hydrogen-bond acceptors (Lipinski definition) is 2. The van der Waals surface area contributed by atoms with Gasteiger partial charge < -0.3 is 4.74 Å². The summed E-state index contributed by atoms with van der Waals surface area (Å²) >= 11 is 0. The molecule has 1 rings (SSSR count). The molecule has 1 fully saturated rings. The Kier molecular flexibility index (Phi) is 4.17. The van der Waals surface area contributed by atoms with Crippen molar-refractivity contribution in [3.63, 3.8) is 0 Å². The van der Waals surface area contributed by atoms with Gasteiger partial charge in [-0.2, -0.15) is 0 Å². The Morgan fingerprint density at radius 3 is 1.82 bits per heavy atom. The largest absolute Gasteiger partial charge is 0.381 e. The standard InChI is InChI=1S/C14H31NOSi/c1-13(2)9-12(16-11-17(6,7)8)10-14(3,4)15(13)5/h12H,9-11H2,1-8H3. The molecule has 1 heterocycles. The zero-order valence-electron chi connectivity index (χ0n) is 13.1. The van der Waals surface area contributed by atoms with Gasteiger partial charge >= 0.3 is 0 Å². The Hall–Kier alpha value is 0.137. The maximum absolute atomic E-state index is 6.20. The van der Waals surface area contributed by atoms with E-state index in [1.54, 1.807) is 0 Å². The highest BCUT2D eigenvalue weighted by Gasteiger charge is 2.43. The van der Waals surface area contributed by atoms with Crippen molar-refractivity contribution >= 4 is 8.07 Å². The van der Waals surface area contributed by atoms with Crippen molar-refractivity contribution in [1.29, 1.82) is 0 Å². The topological polar surface area (TPSA) is 12.5 Å². The van der Waals surface area contributed by atoms with Gasteiger partial charge in [-0.05, 0) is 47.6 Å². The van der Waals surface area contributed by atoms with E-state index in [4.69, 9.17) is 4.74 Å². The van der Waals surface area contributed by atoms with E-state index in [1.807, 2.05) is 0 Å². The second-order valence-corrected chi connectivity index (χ2v) is 13.5. The number of likely N-dealkylation sites (tertiary alicyclic amines) is 1. The van der Waals surface area contributed by atoms with Crippen LogP contribution < -0.4 is 0 Å². The molecule has 0 amide bonds. The van der Waals surface area contributed by atoms with E-state index >= 15 is 0 Å². The fourth-order valence-corrected chi connectivity index (χ4v) is 3.50. The van der Waals surface area contributed by atoms with Crippen molar-refractivity contribution in [2.24, 2.45) is 0 Å². The lowest BCUT2D eigenvalue weighted by atomic mass is 9.79. The van der Waals surface area contributed by atoms with Gasteiger partial charge in [-0.15, -0.1) is 0 Å². The van der Waals surface area contributed by atoms with Crippen LogP contribution in [0.2, 0.25) is 19.6 Å². The lowest BCUT2D eigenvalue weighted by Crippen LogP contribution is -2.60. The molecule has 0 saturated carbocycles. The fourth-order valence-electron chi connectivity index (χ4n) is 2.77. The zero-order valence-corrected chi connectivity index (χ0v) is 14.1. The first kappa shape index (κ1) is 15.2. The molecule has 1 aliphatic rings. The fraction of sp³-hybridized carbons (Fsp3) is 1.00. The van der Waals surface area contributed by atoms with E-state index in [2.05, 4.69) is 59.3 Å². The van der Waals surface area contributed by atoms with Gasteiger partial charge in [-0.25, -0.2) is 0 Å². The second kappa shape index (κ2) is 4.67. The Labute approximate surface area is 109 Å². The molecule has 0 N–H and O–H groups in total. The summed E-state index contributed by atoms with van der Waals surface area (Å²) in [6.07, 6.45) is 3.73. The average molecular weight is 257 g/mol.